The molecule has 0 saturated carbocycles. The Morgan fingerprint density at radius 3 is 1.28 bits per heavy atom. The lowest BCUT2D eigenvalue weighted by Crippen LogP contribution is -2.62. The molecule has 0 aliphatic carbocycles. The Kier molecular flexibility index (Phi) is 29.4. The van der Waals surface area contributed by atoms with Crippen LogP contribution in [0.2, 0.25) is 0 Å². The molecule has 176 valence electrons. The van der Waals surface area contributed by atoms with Crippen LogP contribution in [-0.2, 0) is 27.7 Å². The smallest absolute Gasteiger partial charge is 0.481 e. The Hall–Kier alpha value is -1.57. The average molecular weight is 445 g/mol. The van der Waals surface area contributed by atoms with Gasteiger partial charge in [0.15, 0.2) is 0 Å². The van der Waals surface area contributed by atoms with Crippen LogP contribution in [0.4, 0.5) is 0 Å². The quantitative estimate of drug-likeness (QED) is 0.289. The van der Waals surface area contributed by atoms with E-state index in [2.05, 4.69) is 12.2 Å². The summed E-state index contributed by atoms with van der Waals surface area (Å²) >= 11 is 0. The molecule has 29 heavy (non-hydrogen) atoms. The largest absolute Gasteiger partial charge is 0.518 e. The monoisotopic (exact) mass is 444 g/mol. The molecule has 0 spiro atoms. The molecule has 0 saturated heterocycles. The summed E-state index contributed by atoms with van der Waals surface area (Å²) in [7, 11) is -2.63. The molecule has 0 aromatic rings. The standard InChI is InChI=1S/C11H28N2O3Si.3C2H4O2/c1-5-11(13-10-9-12)17(14-6-2,15-7-3)16-8-4;3*1-2(3)4/h11,13H,5-10,12H2,1-4H3;3*1H3,(H,3,4). The van der Waals surface area contributed by atoms with Gasteiger partial charge in [0.25, 0.3) is 17.9 Å². The third-order valence-corrected chi connectivity index (χ3v) is 5.95. The highest BCUT2D eigenvalue weighted by Crippen LogP contribution is 2.17. The Morgan fingerprint density at radius 2 is 1.10 bits per heavy atom. The van der Waals surface area contributed by atoms with Crippen LogP contribution in [0.3, 0.4) is 0 Å². The van der Waals surface area contributed by atoms with Crippen molar-refractivity contribution >= 4 is 26.7 Å². The number of aliphatic carboxylic acids is 3. The summed E-state index contributed by atoms with van der Waals surface area (Å²) in [6.07, 6.45) is 0.909. The summed E-state index contributed by atoms with van der Waals surface area (Å²) in [6.45, 7) is 14.4. The Labute approximate surface area is 174 Å². The Morgan fingerprint density at radius 1 is 0.828 bits per heavy atom. The van der Waals surface area contributed by atoms with Crippen LogP contribution in [0.15, 0.2) is 0 Å². The predicted octanol–water partition coefficient (Wildman–Crippen LogP) is 1.17. The van der Waals surface area contributed by atoms with Crippen molar-refractivity contribution in [3.05, 3.63) is 0 Å². The highest BCUT2D eigenvalue weighted by molar-refractivity contribution is 6.62. The van der Waals surface area contributed by atoms with Gasteiger partial charge in [-0.05, 0) is 27.2 Å². The first-order chi connectivity index (χ1) is 13.4. The molecule has 6 N–H and O–H groups in total. The molecule has 0 rings (SSSR count). The Balaban J connectivity index is -0.000000212. The number of carboxylic acids is 3. The van der Waals surface area contributed by atoms with Crippen LogP contribution in [-0.4, -0.2) is 80.6 Å². The molecule has 0 aromatic carbocycles. The van der Waals surface area contributed by atoms with E-state index in [1.165, 1.54) is 0 Å². The van der Waals surface area contributed by atoms with Crippen molar-refractivity contribution in [1.82, 2.24) is 5.32 Å². The number of nitrogens with two attached hydrogens (primary N) is 1. The summed E-state index contributed by atoms with van der Waals surface area (Å²) in [4.78, 5) is 27.0. The number of hydrogen-bond donors (Lipinski definition) is 5. The molecule has 1 atom stereocenters. The lowest BCUT2D eigenvalue weighted by atomic mass is 10.4. The number of carboxylic acid groups (broad SMARTS) is 3. The van der Waals surface area contributed by atoms with E-state index in [0.717, 1.165) is 33.7 Å². The average Bonchev–Trinajstić information content (AvgIpc) is 2.54. The maximum atomic E-state index is 9.00. The molecule has 0 radical (unpaired) electrons. The zero-order chi connectivity index (χ0) is 23.9. The van der Waals surface area contributed by atoms with E-state index in [1.54, 1.807) is 0 Å². The van der Waals surface area contributed by atoms with Gasteiger partial charge >= 0.3 is 8.80 Å². The zero-order valence-corrected chi connectivity index (χ0v) is 19.7. The predicted molar refractivity (Wildman–Crippen MR) is 112 cm³/mol. The van der Waals surface area contributed by atoms with E-state index >= 15 is 0 Å². The van der Waals surface area contributed by atoms with Crippen LogP contribution in [0.1, 0.15) is 54.9 Å². The molecular weight excluding hydrogens is 404 g/mol. The van der Waals surface area contributed by atoms with Crippen LogP contribution in [0.25, 0.3) is 0 Å². The number of hydrogen-bond acceptors (Lipinski definition) is 8. The molecule has 11 nitrogen and oxygen atoms in total. The van der Waals surface area contributed by atoms with Crippen molar-refractivity contribution in [2.45, 2.75) is 60.6 Å². The number of carbonyl (C=O) groups is 3. The molecule has 0 aromatic heterocycles. The van der Waals surface area contributed by atoms with Gasteiger partial charge in [-0.3, -0.25) is 14.4 Å². The van der Waals surface area contributed by atoms with Gasteiger partial charge in [0.2, 0.25) is 0 Å². The van der Waals surface area contributed by atoms with Crippen LogP contribution in [0, 0.1) is 0 Å². The van der Waals surface area contributed by atoms with Gasteiger partial charge in [-0.25, -0.2) is 0 Å². The van der Waals surface area contributed by atoms with Gasteiger partial charge in [0, 0.05) is 53.7 Å². The molecule has 0 fully saturated rings. The third-order valence-electron chi connectivity index (χ3n) is 2.41. The van der Waals surface area contributed by atoms with E-state index < -0.39 is 26.7 Å². The molecular formula is C17H40N2O9Si. The SMILES string of the molecule is CC(=O)O.CC(=O)O.CC(=O)O.CCO[Si](OCC)(OCC)C(CC)NCCN. The molecule has 0 aliphatic rings. The second-order valence-electron chi connectivity index (χ2n) is 5.16. The molecule has 1 unspecified atom stereocenters. The third kappa shape index (κ3) is 31.4. The first kappa shape index (κ1) is 34.9. The molecule has 0 aliphatic heterocycles. The summed E-state index contributed by atoms with van der Waals surface area (Å²) in [5.41, 5.74) is 5.64. The van der Waals surface area contributed by atoms with E-state index in [9.17, 15) is 0 Å². The summed E-state index contributed by atoms with van der Waals surface area (Å²) in [5.74, 6) is -2.50. The zero-order valence-electron chi connectivity index (χ0n) is 18.7. The van der Waals surface area contributed by atoms with Gasteiger partial charge in [0.05, 0.1) is 5.67 Å². The van der Waals surface area contributed by atoms with E-state index in [-0.39, 0.29) is 5.67 Å². The minimum Gasteiger partial charge on any atom is -0.481 e. The van der Waals surface area contributed by atoms with Crippen molar-refractivity contribution in [1.29, 1.82) is 0 Å². The van der Waals surface area contributed by atoms with Gasteiger partial charge in [-0.2, -0.15) is 0 Å². The molecule has 0 amide bonds. The maximum absolute atomic E-state index is 9.00. The first-order valence-electron chi connectivity index (χ1n) is 9.34. The van der Waals surface area contributed by atoms with Crippen molar-refractivity contribution in [2.75, 3.05) is 32.9 Å². The van der Waals surface area contributed by atoms with Crippen molar-refractivity contribution in [3.63, 3.8) is 0 Å². The fourth-order valence-electron chi connectivity index (χ4n) is 1.81. The highest BCUT2D eigenvalue weighted by Gasteiger charge is 2.48. The lowest BCUT2D eigenvalue weighted by molar-refractivity contribution is -0.135. The summed E-state index contributed by atoms with van der Waals surface area (Å²) in [6, 6.07) is 0. The molecule has 0 heterocycles. The van der Waals surface area contributed by atoms with E-state index in [1.807, 2.05) is 20.8 Å². The fraction of sp³-hybridized carbons (Fsp3) is 0.824. The van der Waals surface area contributed by atoms with Gasteiger partial charge < -0.3 is 39.6 Å². The Bertz CT molecular complexity index is 355. The van der Waals surface area contributed by atoms with Gasteiger partial charge in [-0.1, -0.05) is 6.92 Å². The number of nitrogens with one attached hydrogen (secondary N) is 1. The normalized spacial score (nSPS) is 10.8. The number of rotatable bonds is 11. The second-order valence-corrected chi connectivity index (χ2v) is 7.93. The first-order valence-corrected chi connectivity index (χ1v) is 11.1. The van der Waals surface area contributed by atoms with Crippen molar-refractivity contribution < 1.29 is 43.0 Å². The van der Waals surface area contributed by atoms with Crippen LogP contribution in [0.5, 0.6) is 0 Å². The summed E-state index contributed by atoms with van der Waals surface area (Å²) in [5, 5.41) is 25.6. The molecule has 12 heteroatoms. The second kappa shape index (κ2) is 24.5. The van der Waals surface area contributed by atoms with Crippen LogP contribution >= 0.6 is 0 Å². The van der Waals surface area contributed by atoms with Gasteiger partial charge in [0.1, 0.15) is 0 Å². The fourth-order valence-corrected chi connectivity index (χ4v) is 4.76. The van der Waals surface area contributed by atoms with E-state index in [4.69, 9.17) is 48.7 Å². The van der Waals surface area contributed by atoms with Crippen LogP contribution < -0.4 is 11.1 Å². The topological polar surface area (TPSA) is 178 Å². The van der Waals surface area contributed by atoms with Crippen molar-refractivity contribution in [3.8, 4) is 0 Å². The minimum absolute atomic E-state index is 0.117. The molecule has 0 bridgehead atoms. The van der Waals surface area contributed by atoms with Gasteiger partial charge in [-0.15, -0.1) is 0 Å². The minimum atomic E-state index is -2.63. The maximum Gasteiger partial charge on any atom is 0.518 e. The summed E-state index contributed by atoms with van der Waals surface area (Å²) < 4.78 is 17.6. The lowest BCUT2D eigenvalue weighted by Gasteiger charge is -2.35. The highest BCUT2D eigenvalue weighted by atomic mass is 28.4. The van der Waals surface area contributed by atoms with Crippen molar-refractivity contribution in [2.24, 2.45) is 5.73 Å². The van der Waals surface area contributed by atoms with E-state index in [0.29, 0.717) is 26.4 Å².